The van der Waals surface area contributed by atoms with Gasteiger partial charge in [0.2, 0.25) is 5.91 Å². The van der Waals surface area contributed by atoms with Crippen molar-refractivity contribution < 1.29 is 24.2 Å². The van der Waals surface area contributed by atoms with Crippen LogP contribution < -0.4 is 5.32 Å². The number of esters is 1. The highest BCUT2D eigenvalue weighted by Crippen LogP contribution is 2.22. The molecule has 1 saturated heterocycles. The van der Waals surface area contributed by atoms with Gasteiger partial charge in [0.25, 0.3) is 0 Å². The van der Waals surface area contributed by atoms with Crippen LogP contribution in [0, 0.1) is 0 Å². The zero-order chi connectivity index (χ0) is 20.5. The van der Waals surface area contributed by atoms with Gasteiger partial charge in [0.1, 0.15) is 5.25 Å². The molecular weight excluding hydrogens is 382 g/mol. The molecule has 0 aliphatic carbocycles. The highest BCUT2D eigenvalue weighted by molar-refractivity contribution is 8.15. The monoisotopic (exact) mass is 405 g/mol. The fraction of sp³-hybridized carbons (Fsp3) is 0.421. The number of benzene rings is 1. The van der Waals surface area contributed by atoms with E-state index >= 15 is 0 Å². The molecule has 1 amide bonds. The van der Waals surface area contributed by atoms with Crippen LogP contribution >= 0.6 is 11.8 Å². The number of amidine groups is 1. The molecule has 0 unspecified atom stereocenters. The van der Waals surface area contributed by atoms with E-state index in [0.717, 1.165) is 35.7 Å². The number of rotatable bonds is 9. The van der Waals surface area contributed by atoms with Gasteiger partial charge < -0.3 is 15.2 Å². The van der Waals surface area contributed by atoms with Gasteiger partial charge >= 0.3 is 11.9 Å². The van der Waals surface area contributed by atoms with Crippen molar-refractivity contribution in [2.24, 2.45) is 10.2 Å². The van der Waals surface area contributed by atoms with Crippen molar-refractivity contribution in [3.8, 4) is 0 Å². The van der Waals surface area contributed by atoms with Crippen molar-refractivity contribution in [2.75, 3.05) is 6.61 Å². The zero-order valence-electron chi connectivity index (χ0n) is 15.8. The minimum absolute atomic E-state index is 0.177. The topological polar surface area (TPSA) is 117 Å². The van der Waals surface area contributed by atoms with Crippen molar-refractivity contribution in [1.82, 2.24) is 5.32 Å². The average Bonchev–Trinajstić information content (AvgIpc) is 2.99. The van der Waals surface area contributed by atoms with E-state index in [2.05, 4.69) is 15.5 Å². The molecule has 0 spiro atoms. The molecule has 0 saturated carbocycles. The number of thioether (sulfide) groups is 1. The van der Waals surface area contributed by atoms with Gasteiger partial charge in [-0.2, -0.15) is 5.10 Å². The Morgan fingerprint density at radius 2 is 2.00 bits per heavy atom. The number of ether oxygens (including phenoxy) is 1. The molecule has 1 aromatic carbocycles. The number of hydrogen-bond acceptors (Lipinski definition) is 7. The van der Waals surface area contributed by atoms with Gasteiger partial charge in [0, 0.05) is 6.42 Å². The SMILES string of the molecule is CCOC(=O)CCCc1ccc(/C(C)=N\N=C2/NC(=O)[C@H](CC(=O)O)S2)cc1. The van der Waals surface area contributed by atoms with Crippen LogP contribution in [0.1, 0.15) is 44.2 Å². The fourth-order valence-electron chi connectivity index (χ4n) is 2.51. The van der Waals surface area contributed by atoms with Crippen LogP contribution in [0.25, 0.3) is 0 Å². The minimum atomic E-state index is -1.03. The van der Waals surface area contributed by atoms with Crippen LogP contribution in [-0.2, 0) is 25.5 Å². The van der Waals surface area contributed by atoms with Crippen LogP contribution in [0.5, 0.6) is 0 Å². The molecule has 1 atom stereocenters. The van der Waals surface area contributed by atoms with E-state index in [1.54, 1.807) is 13.8 Å². The first-order valence-corrected chi connectivity index (χ1v) is 9.83. The summed E-state index contributed by atoms with van der Waals surface area (Å²) in [5.41, 5.74) is 2.67. The summed E-state index contributed by atoms with van der Waals surface area (Å²) in [5, 5.41) is 19.1. The van der Waals surface area contributed by atoms with Gasteiger partial charge in [-0.1, -0.05) is 36.0 Å². The molecule has 1 aromatic rings. The molecule has 2 rings (SSSR count). The number of aryl methyl sites for hydroxylation is 1. The van der Waals surface area contributed by atoms with Crippen molar-refractivity contribution in [3.63, 3.8) is 0 Å². The number of carboxylic acids is 1. The van der Waals surface area contributed by atoms with Crippen molar-refractivity contribution in [1.29, 1.82) is 0 Å². The van der Waals surface area contributed by atoms with Crippen LogP contribution in [0.15, 0.2) is 34.5 Å². The first kappa shape index (κ1) is 21.6. The highest BCUT2D eigenvalue weighted by atomic mass is 32.2. The molecule has 1 aliphatic heterocycles. The maximum absolute atomic E-state index is 11.7. The van der Waals surface area contributed by atoms with Crippen molar-refractivity contribution >= 4 is 40.5 Å². The van der Waals surface area contributed by atoms with Crippen molar-refractivity contribution in [3.05, 3.63) is 35.4 Å². The number of hydrogen-bond donors (Lipinski definition) is 2. The van der Waals surface area contributed by atoms with E-state index in [1.165, 1.54) is 0 Å². The van der Waals surface area contributed by atoms with Crippen molar-refractivity contribution in [2.45, 2.75) is 44.8 Å². The number of carboxylic acid groups (broad SMARTS) is 1. The number of carbonyl (C=O) groups excluding carboxylic acids is 2. The van der Waals surface area contributed by atoms with Gasteiger partial charge in [-0.25, -0.2) is 0 Å². The lowest BCUT2D eigenvalue weighted by atomic mass is 10.0. The number of carbonyl (C=O) groups is 3. The minimum Gasteiger partial charge on any atom is -0.481 e. The van der Waals surface area contributed by atoms with Crippen LogP contribution in [-0.4, -0.2) is 45.7 Å². The summed E-state index contributed by atoms with van der Waals surface area (Å²) in [5.74, 6) is -1.58. The maximum Gasteiger partial charge on any atom is 0.305 e. The molecule has 28 heavy (non-hydrogen) atoms. The summed E-state index contributed by atoms with van der Waals surface area (Å²) < 4.78 is 4.91. The largest absolute Gasteiger partial charge is 0.481 e. The third-order valence-corrected chi connectivity index (χ3v) is 5.02. The predicted molar refractivity (Wildman–Crippen MR) is 107 cm³/mol. The van der Waals surface area contributed by atoms with Crippen LogP contribution in [0.3, 0.4) is 0 Å². The lowest BCUT2D eigenvalue weighted by Crippen LogP contribution is -2.26. The molecular formula is C19H23N3O5S. The lowest BCUT2D eigenvalue weighted by molar-refractivity contribution is -0.143. The van der Waals surface area contributed by atoms with E-state index < -0.39 is 11.2 Å². The first-order valence-electron chi connectivity index (χ1n) is 8.95. The van der Waals surface area contributed by atoms with Crippen LogP contribution in [0.2, 0.25) is 0 Å². The summed E-state index contributed by atoms with van der Waals surface area (Å²) in [6.45, 7) is 3.99. The van der Waals surface area contributed by atoms with Gasteiger partial charge in [-0.15, -0.1) is 5.10 Å². The molecule has 0 aromatic heterocycles. The second-order valence-corrected chi connectivity index (χ2v) is 7.33. The number of aliphatic carboxylic acids is 1. The lowest BCUT2D eigenvalue weighted by Gasteiger charge is -2.04. The van der Waals surface area contributed by atoms with Gasteiger partial charge in [0.15, 0.2) is 5.17 Å². The molecule has 150 valence electrons. The summed E-state index contributed by atoms with van der Waals surface area (Å²) in [6.07, 6.45) is 1.66. The number of amides is 1. The Morgan fingerprint density at radius 1 is 1.29 bits per heavy atom. The zero-order valence-corrected chi connectivity index (χ0v) is 16.6. The Bertz CT molecular complexity index is 789. The Labute approximate surface area is 167 Å². The Morgan fingerprint density at radius 3 is 2.64 bits per heavy atom. The Balaban J connectivity index is 1.90. The smallest absolute Gasteiger partial charge is 0.305 e. The third kappa shape index (κ3) is 6.80. The molecule has 1 fully saturated rings. The normalized spacial score (nSPS) is 18.2. The average molecular weight is 405 g/mol. The van der Waals surface area contributed by atoms with E-state index in [-0.39, 0.29) is 18.3 Å². The Hall–Kier alpha value is -2.68. The summed E-state index contributed by atoms with van der Waals surface area (Å²) >= 11 is 1.07. The van der Waals surface area contributed by atoms with E-state index in [9.17, 15) is 14.4 Å². The molecule has 1 heterocycles. The summed E-state index contributed by atoms with van der Waals surface area (Å²) in [6, 6.07) is 7.79. The summed E-state index contributed by atoms with van der Waals surface area (Å²) in [4.78, 5) is 33.8. The fourth-order valence-corrected chi connectivity index (χ4v) is 3.41. The van der Waals surface area contributed by atoms with Gasteiger partial charge in [-0.3, -0.25) is 14.4 Å². The number of nitrogens with one attached hydrogen (secondary N) is 1. The second kappa shape index (κ2) is 10.6. The molecule has 2 N–H and O–H groups in total. The molecule has 0 bridgehead atoms. The third-order valence-electron chi connectivity index (χ3n) is 3.95. The second-order valence-electron chi connectivity index (χ2n) is 6.14. The molecule has 1 aliphatic rings. The molecule has 0 radical (unpaired) electrons. The Kier molecular flexibility index (Phi) is 8.19. The molecule has 9 heteroatoms. The van der Waals surface area contributed by atoms with E-state index in [0.29, 0.717) is 23.9 Å². The predicted octanol–water partition coefficient (Wildman–Crippen LogP) is 2.36. The molecule has 8 nitrogen and oxygen atoms in total. The van der Waals surface area contributed by atoms with E-state index in [4.69, 9.17) is 9.84 Å². The first-order chi connectivity index (χ1) is 13.4. The standard InChI is InChI=1S/C19H23N3O5S/c1-3-27-17(25)6-4-5-13-7-9-14(10-8-13)12(2)21-22-19-20-18(26)15(28-19)11-16(23)24/h7-10,15H,3-6,11H2,1-2H3,(H,23,24)(H,20,22,26)/b21-12-/t15-/m0/s1. The maximum atomic E-state index is 11.7. The number of nitrogens with zero attached hydrogens (tertiary/aromatic N) is 2. The van der Waals surface area contributed by atoms with Crippen LogP contribution in [0.4, 0.5) is 0 Å². The summed E-state index contributed by atoms with van der Waals surface area (Å²) in [7, 11) is 0. The highest BCUT2D eigenvalue weighted by Gasteiger charge is 2.32. The quantitative estimate of drug-likeness (QED) is 0.370. The van der Waals surface area contributed by atoms with E-state index in [1.807, 2.05) is 24.3 Å². The van der Waals surface area contributed by atoms with Gasteiger partial charge in [0.05, 0.1) is 18.7 Å². The van der Waals surface area contributed by atoms with Gasteiger partial charge in [-0.05, 0) is 37.8 Å².